The van der Waals surface area contributed by atoms with E-state index in [2.05, 4.69) is 198 Å². The molecule has 1 heterocycles. The first kappa shape index (κ1) is 29.3. The van der Waals surface area contributed by atoms with Gasteiger partial charge < -0.3 is 9.80 Å². The van der Waals surface area contributed by atoms with Gasteiger partial charge in [-0.05, 0) is 88.7 Å². The summed E-state index contributed by atoms with van der Waals surface area (Å²) in [5.41, 5.74) is 14.3. The van der Waals surface area contributed by atoms with Crippen LogP contribution in [-0.4, -0.2) is 12.1 Å². The van der Waals surface area contributed by atoms with Crippen LogP contribution in [0.2, 0.25) is 0 Å². The third kappa shape index (κ3) is 5.50. The molecule has 0 radical (unpaired) electrons. The van der Waals surface area contributed by atoms with Crippen LogP contribution in [0.1, 0.15) is 24.3 Å². The Hall–Kier alpha value is -5.86. The van der Waals surface area contributed by atoms with E-state index < -0.39 is 0 Å². The molecule has 236 valence electrons. The molecule has 1 aliphatic heterocycles. The highest BCUT2D eigenvalue weighted by molar-refractivity contribution is 5.78. The van der Waals surface area contributed by atoms with Crippen LogP contribution in [0.15, 0.2) is 199 Å². The standard InChI is InChI=1S/C47H38N2/c1-4-13-34(14-5-1)36-23-27-41(28-24-36)48(40-18-8-3-9-19-40)43-29-25-37-26-30-45-44-21-10-11-22-46(44)49(47(45)33-39(37)32-43)42-20-12-17-38(31-42)35-15-6-2-7-16-35/h1-31,43,45,47H,32-33H2. The molecule has 3 unspecified atom stereocenters. The number of nitrogens with zero attached hydrogens (tertiary/aromatic N) is 2. The van der Waals surface area contributed by atoms with Gasteiger partial charge in [0.2, 0.25) is 0 Å². The highest BCUT2D eigenvalue weighted by Gasteiger charge is 2.40. The minimum absolute atomic E-state index is 0.201. The number of benzene rings is 6. The summed E-state index contributed by atoms with van der Waals surface area (Å²) in [7, 11) is 0. The summed E-state index contributed by atoms with van der Waals surface area (Å²) in [5, 5.41) is 0. The van der Waals surface area contributed by atoms with E-state index in [0.717, 1.165) is 12.8 Å². The lowest BCUT2D eigenvalue weighted by Gasteiger charge is -2.36. The SMILES string of the molecule is C1=CC2c3ccccc3N(c3cccc(-c4ccccc4)c3)C2CC2=C1C=CC(N(c1ccccc1)c1ccc(-c3ccccc3)cc1)C2. The molecular formula is C47H38N2. The number of rotatable bonds is 6. The third-order valence-corrected chi connectivity index (χ3v) is 10.5. The average Bonchev–Trinajstić information content (AvgIpc) is 3.36. The van der Waals surface area contributed by atoms with Crippen molar-refractivity contribution in [3.05, 3.63) is 205 Å². The smallest absolute Gasteiger partial charge is 0.0562 e. The fourth-order valence-corrected chi connectivity index (χ4v) is 8.13. The first-order valence-corrected chi connectivity index (χ1v) is 17.4. The Morgan fingerprint density at radius 1 is 0.490 bits per heavy atom. The van der Waals surface area contributed by atoms with Crippen molar-refractivity contribution in [3.8, 4) is 22.3 Å². The fraction of sp³-hybridized carbons (Fsp3) is 0.106. The van der Waals surface area contributed by atoms with E-state index >= 15 is 0 Å². The molecule has 3 aliphatic rings. The van der Waals surface area contributed by atoms with E-state index in [4.69, 9.17) is 0 Å². The minimum Gasteiger partial charge on any atom is -0.337 e. The topological polar surface area (TPSA) is 6.48 Å². The van der Waals surface area contributed by atoms with Gasteiger partial charge in [0, 0.05) is 34.7 Å². The fourth-order valence-electron chi connectivity index (χ4n) is 8.13. The Labute approximate surface area is 289 Å². The molecule has 2 heteroatoms. The first-order chi connectivity index (χ1) is 24.3. The number of hydrogen-bond donors (Lipinski definition) is 0. The van der Waals surface area contributed by atoms with Gasteiger partial charge in [-0.25, -0.2) is 0 Å². The van der Waals surface area contributed by atoms with E-state index in [1.807, 2.05) is 0 Å². The van der Waals surface area contributed by atoms with Crippen molar-refractivity contribution in [1.29, 1.82) is 0 Å². The summed E-state index contributed by atoms with van der Waals surface area (Å²) >= 11 is 0. The molecule has 2 aliphatic carbocycles. The van der Waals surface area contributed by atoms with Crippen molar-refractivity contribution in [3.63, 3.8) is 0 Å². The Bertz CT molecular complexity index is 2180. The number of allylic oxidation sites excluding steroid dienone is 3. The summed E-state index contributed by atoms with van der Waals surface area (Å²) in [5.74, 6) is 0.324. The van der Waals surface area contributed by atoms with Gasteiger partial charge in [-0.15, -0.1) is 0 Å². The lowest BCUT2D eigenvalue weighted by atomic mass is 9.87. The van der Waals surface area contributed by atoms with Crippen molar-refractivity contribution in [2.75, 3.05) is 9.80 Å². The van der Waals surface area contributed by atoms with Gasteiger partial charge in [-0.3, -0.25) is 0 Å². The lowest BCUT2D eigenvalue weighted by Crippen LogP contribution is -2.34. The molecule has 0 bridgehead atoms. The van der Waals surface area contributed by atoms with Crippen LogP contribution in [0, 0.1) is 0 Å². The summed E-state index contributed by atoms with van der Waals surface area (Å²) in [6, 6.07) is 60.0. The molecule has 2 nitrogen and oxygen atoms in total. The van der Waals surface area contributed by atoms with Crippen LogP contribution < -0.4 is 9.80 Å². The molecule has 0 spiro atoms. The lowest BCUT2D eigenvalue weighted by molar-refractivity contribution is 0.602. The highest BCUT2D eigenvalue weighted by Crippen LogP contribution is 2.51. The average molecular weight is 631 g/mol. The molecule has 0 saturated heterocycles. The minimum atomic E-state index is 0.201. The second kappa shape index (κ2) is 12.6. The molecule has 0 aromatic heterocycles. The van der Waals surface area contributed by atoms with Crippen LogP contribution in [0.5, 0.6) is 0 Å². The maximum Gasteiger partial charge on any atom is 0.0562 e. The van der Waals surface area contributed by atoms with Crippen molar-refractivity contribution in [2.24, 2.45) is 0 Å². The number of fused-ring (bicyclic) bond motifs is 3. The molecule has 9 rings (SSSR count). The van der Waals surface area contributed by atoms with Crippen LogP contribution in [0.4, 0.5) is 22.7 Å². The summed E-state index contributed by atoms with van der Waals surface area (Å²) < 4.78 is 0. The Kier molecular flexibility index (Phi) is 7.55. The predicted octanol–water partition coefficient (Wildman–Crippen LogP) is 12.0. The van der Waals surface area contributed by atoms with Gasteiger partial charge in [0.25, 0.3) is 0 Å². The molecule has 6 aromatic rings. The normalized spacial score (nSPS) is 19.2. The monoisotopic (exact) mass is 630 g/mol. The van der Waals surface area contributed by atoms with Crippen molar-refractivity contribution >= 4 is 22.7 Å². The van der Waals surface area contributed by atoms with Crippen molar-refractivity contribution < 1.29 is 0 Å². The molecule has 0 N–H and O–H groups in total. The van der Waals surface area contributed by atoms with Crippen LogP contribution in [0.25, 0.3) is 22.3 Å². The third-order valence-electron chi connectivity index (χ3n) is 10.5. The Balaban J connectivity index is 1.06. The Morgan fingerprint density at radius 3 is 1.84 bits per heavy atom. The number of anilines is 4. The molecule has 49 heavy (non-hydrogen) atoms. The zero-order chi connectivity index (χ0) is 32.6. The van der Waals surface area contributed by atoms with Crippen molar-refractivity contribution in [1.82, 2.24) is 0 Å². The molecular weight excluding hydrogens is 593 g/mol. The maximum atomic E-state index is 2.62. The zero-order valence-electron chi connectivity index (χ0n) is 27.4. The molecule has 0 fully saturated rings. The maximum absolute atomic E-state index is 2.62. The van der Waals surface area contributed by atoms with Gasteiger partial charge in [0.15, 0.2) is 0 Å². The van der Waals surface area contributed by atoms with Gasteiger partial charge in [-0.1, -0.05) is 151 Å². The van der Waals surface area contributed by atoms with E-state index in [0.29, 0.717) is 12.0 Å². The van der Waals surface area contributed by atoms with E-state index in [1.165, 1.54) is 61.7 Å². The summed E-state index contributed by atoms with van der Waals surface area (Å²) in [4.78, 5) is 5.14. The predicted molar refractivity (Wildman–Crippen MR) is 206 cm³/mol. The molecule has 0 saturated carbocycles. The summed E-state index contributed by atoms with van der Waals surface area (Å²) in [6.07, 6.45) is 11.6. The number of para-hydroxylation sites is 2. The molecule has 6 aromatic carbocycles. The van der Waals surface area contributed by atoms with Crippen LogP contribution in [0.3, 0.4) is 0 Å². The first-order valence-electron chi connectivity index (χ1n) is 17.4. The Morgan fingerprint density at radius 2 is 1.08 bits per heavy atom. The quantitative estimate of drug-likeness (QED) is 0.181. The van der Waals surface area contributed by atoms with Gasteiger partial charge >= 0.3 is 0 Å². The van der Waals surface area contributed by atoms with Gasteiger partial charge in [0.1, 0.15) is 0 Å². The van der Waals surface area contributed by atoms with Crippen LogP contribution >= 0.6 is 0 Å². The largest absolute Gasteiger partial charge is 0.337 e. The molecule has 0 amide bonds. The zero-order valence-corrected chi connectivity index (χ0v) is 27.4. The second-order valence-corrected chi connectivity index (χ2v) is 13.3. The van der Waals surface area contributed by atoms with Gasteiger partial charge in [-0.2, -0.15) is 0 Å². The van der Waals surface area contributed by atoms with E-state index in [9.17, 15) is 0 Å². The van der Waals surface area contributed by atoms with E-state index in [-0.39, 0.29) is 6.04 Å². The van der Waals surface area contributed by atoms with Crippen molar-refractivity contribution in [2.45, 2.75) is 30.8 Å². The number of hydrogen-bond acceptors (Lipinski definition) is 2. The van der Waals surface area contributed by atoms with Crippen LogP contribution in [-0.2, 0) is 0 Å². The van der Waals surface area contributed by atoms with E-state index in [1.54, 1.807) is 0 Å². The molecule has 3 atom stereocenters. The highest BCUT2D eigenvalue weighted by atomic mass is 15.2. The van der Waals surface area contributed by atoms with Gasteiger partial charge in [0.05, 0.1) is 6.04 Å². The second-order valence-electron chi connectivity index (χ2n) is 13.3. The summed E-state index contributed by atoms with van der Waals surface area (Å²) in [6.45, 7) is 0.